The van der Waals surface area contributed by atoms with Gasteiger partial charge in [-0.3, -0.25) is 9.97 Å². The van der Waals surface area contributed by atoms with Gasteiger partial charge in [-0.1, -0.05) is 30.4 Å². The zero-order valence-corrected chi connectivity index (χ0v) is 25.0. The van der Waals surface area contributed by atoms with E-state index in [2.05, 4.69) is 16.0 Å². The van der Waals surface area contributed by atoms with Crippen molar-refractivity contribution in [3.8, 4) is 39.9 Å². The van der Waals surface area contributed by atoms with Crippen LogP contribution in [0.2, 0.25) is 0 Å². The maximum Gasteiger partial charge on any atom is 0.118 e. The van der Waals surface area contributed by atoms with Crippen molar-refractivity contribution in [2.45, 2.75) is 27.1 Å². The normalized spacial score (nSPS) is 11.2. The molecule has 4 aromatic heterocycles. The lowest BCUT2D eigenvalue weighted by atomic mass is 10.1. The van der Waals surface area contributed by atoms with Gasteiger partial charge in [-0.25, -0.2) is 29.5 Å². The van der Waals surface area contributed by atoms with Crippen molar-refractivity contribution in [3.63, 3.8) is 0 Å². The van der Waals surface area contributed by atoms with Gasteiger partial charge in [0.2, 0.25) is 0 Å². The molecule has 0 radical (unpaired) electrons. The Morgan fingerprint density at radius 3 is 1.82 bits per heavy atom. The SMILES string of the molecule is CCOOCc1ccnc(-c2cc(COOCC)cc(-c3cccc(-c4cc(/C=C/c5ccc(OC)cc5)ccn4)n3)n2)c1. The Hall–Kier alpha value is -4.80. The fraction of sp³-hybridized carbons (Fsp3) is 0.200. The summed E-state index contributed by atoms with van der Waals surface area (Å²) in [5.74, 6) is 0.824. The lowest BCUT2D eigenvalue weighted by Crippen LogP contribution is -2.00. The molecular formula is C35H34N4O5. The zero-order valence-electron chi connectivity index (χ0n) is 25.0. The Balaban J connectivity index is 1.44. The number of pyridine rings is 4. The second-order valence-electron chi connectivity index (χ2n) is 9.62. The van der Waals surface area contributed by atoms with Crippen LogP contribution in [0.1, 0.15) is 36.1 Å². The largest absolute Gasteiger partial charge is 0.497 e. The lowest BCUT2D eigenvalue weighted by Gasteiger charge is -2.11. The van der Waals surface area contributed by atoms with Crippen molar-refractivity contribution in [1.82, 2.24) is 19.9 Å². The van der Waals surface area contributed by atoms with Crippen molar-refractivity contribution in [2.24, 2.45) is 0 Å². The number of nitrogens with zero attached hydrogens (tertiary/aromatic N) is 4. The predicted molar refractivity (Wildman–Crippen MR) is 169 cm³/mol. The summed E-state index contributed by atoms with van der Waals surface area (Å²) in [5, 5.41) is 0. The third kappa shape index (κ3) is 8.40. The van der Waals surface area contributed by atoms with Crippen molar-refractivity contribution >= 4 is 12.2 Å². The van der Waals surface area contributed by atoms with Gasteiger partial charge in [0.25, 0.3) is 0 Å². The van der Waals surface area contributed by atoms with Gasteiger partial charge in [-0.15, -0.1) is 0 Å². The average Bonchev–Trinajstić information content (AvgIpc) is 3.08. The first kappa shape index (κ1) is 30.7. The van der Waals surface area contributed by atoms with Gasteiger partial charge in [0.05, 0.1) is 54.5 Å². The Bertz CT molecular complexity index is 1690. The molecule has 0 saturated carbocycles. The number of methoxy groups -OCH3 is 1. The van der Waals surface area contributed by atoms with E-state index in [9.17, 15) is 0 Å². The minimum Gasteiger partial charge on any atom is -0.497 e. The van der Waals surface area contributed by atoms with Crippen LogP contribution >= 0.6 is 0 Å². The molecule has 5 aromatic rings. The Labute approximate surface area is 257 Å². The highest BCUT2D eigenvalue weighted by molar-refractivity contribution is 5.72. The summed E-state index contributed by atoms with van der Waals surface area (Å²) in [6, 6.07) is 25.4. The summed E-state index contributed by atoms with van der Waals surface area (Å²) in [6.07, 6.45) is 7.61. The molecule has 0 amide bonds. The number of rotatable bonds is 14. The van der Waals surface area contributed by atoms with Crippen LogP contribution in [0.3, 0.4) is 0 Å². The zero-order chi connectivity index (χ0) is 30.6. The molecule has 0 aliphatic rings. The van der Waals surface area contributed by atoms with E-state index >= 15 is 0 Å². The molecule has 9 nitrogen and oxygen atoms in total. The molecular weight excluding hydrogens is 556 g/mol. The molecule has 0 unspecified atom stereocenters. The van der Waals surface area contributed by atoms with Gasteiger partial charge in [-0.05, 0) is 96.8 Å². The van der Waals surface area contributed by atoms with Crippen LogP contribution in [0.4, 0.5) is 0 Å². The third-order valence-corrected chi connectivity index (χ3v) is 6.47. The van der Waals surface area contributed by atoms with E-state index in [0.29, 0.717) is 42.6 Å². The Kier molecular flexibility index (Phi) is 10.9. The van der Waals surface area contributed by atoms with E-state index in [-0.39, 0.29) is 6.61 Å². The maximum atomic E-state index is 5.38. The summed E-state index contributed by atoms with van der Waals surface area (Å²) >= 11 is 0. The molecule has 0 atom stereocenters. The first-order valence-electron chi connectivity index (χ1n) is 14.4. The van der Waals surface area contributed by atoms with Crippen LogP contribution in [-0.2, 0) is 32.8 Å². The molecule has 4 heterocycles. The summed E-state index contributed by atoms with van der Waals surface area (Å²) in [6.45, 7) is 5.20. The molecule has 9 heteroatoms. The lowest BCUT2D eigenvalue weighted by molar-refractivity contribution is -0.300. The highest BCUT2D eigenvalue weighted by Crippen LogP contribution is 2.26. The highest BCUT2D eigenvalue weighted by atomic mass is 17.2. The summed E-state index contributed by atoms with van der Waals surface area (Å²) in [7, 11) is 1.66. The van der Waals surface area contributed by atoms with Crippen LogP contribution < -0.4 is 4.74 Å². The van der Waals surface area contributed by atoms with Crippen molar-refractivity contribution < 1.29 is 24.3 Å². The molecule has 44 heavy (non-hydrogen) atoms. The quantitative estimate of drug-likeness (QED) is 0.0745. The van der Waals surface area contributed by atoms with Gasteiger partial charge < -0.3 is 4.74 Å². The van der Waals surface area contributed by atoms with Gasteiger partial charge in [-0.2, -0.15) is 0 Å². The molecule has 0 aliphatic heterocycles. The van der Waals surface area contributed by atoms with Gasteiger partial charge in [0, 0.05) is 12.4 Å². The van der Waals surface area contributed by atoms with E-state index in [1.807, 2.05) is 98.8 Å². The smallest absolute Gasteiger partial charge is 0.118 e. The molecule has 224 valence electrons. The Morgan fingerprint density at radius 2 is 1.11 bits per heavy atom. The van der Waals surface area contributed by atoms with E-state index in [0.717, 1.165) is 39.4 Å². The molecule has 0 aliphatic carbocycles. The molecule has 0 N–H and O–H groups in total. The third-order valence-electron chi connectivity index (χ3n) is 6.47. The molecule has 0 bridgehead atoms. The number of hydrogen-bond acceptors (Lipinski definition) is 9. The summed E-state index contributed by atoms with van der Waals surface area (Å²) in [5.41, 5.74) is 8.07. The fourth-order valence-corrected chi connectivity index (χ4v) is 4.34. The van der Waals surface area contributed by atoms with Crippen LogP contribution in [0.5, 0.6) is 5.75 Å². The van der Waals surface area contributed by atoms with Crippen LogP contribution in [0.15, 0.2) is 91.3 Å². The molecule has 0 saturated heterocycles. The monoisotopic (exact) mass is 590 g/mol. The number of ether oxygens (including phenoxy) is 1. The van der Waals surface area contributed by atoms with Crippen LogP contribution in [-0.4, -0.2) is 40.3 Å². The van der Waals surface area contributed by atoms with Crippen molar-refractivity contribution in [1.29, 1.82) is 0 Å². The second kappa shape index (κ2) is 15.6. The number of aromatic nitrogens is 4. The standard InChI is InChI=1S/C35H34N4O5/c1-4-41-43-23-27-16-18-37-33(20-27)35-22-28(24-44-42-5-2)21-34(39-35)31-8-6-7-30(38-31)32-19-26(15-17-36-32)10-9-25-11-13-29(40-3)14-12-25/h6-22H,4-5,23-24H2,1-3H3/b10-9+. The van der Waals surface area contributed by atoms with E-state index in [4.69, 9.17) is 34.3 Å². The van der Waals surface area contributed by atoms with Crippen LogP contribution in [0, 0.1) is 0 Å². The highest BCUT2D eigenvalue weighted by Gasteiger charge is 2.12. The molecule has 1 aromatic carbocycles. The predicted octanol–water partition coefficient (Wildman–Crippen LogP) is 7.38. The van der Waals surface area contributed by atoms with Crippen LogP contribution in [0.25, 0.3) is 46.3 Å². The minimum absolute atomic E-state index is 0.243. The molecule has 0 spiro atoms. The van der Waals surface area contributed by atoms with Crippen molar-refractivity contribution in [2.75, 3.05) is 20.3 Å². The van der Waals surface area contributed by atoms with Gasteiger partial charge in [0.15, 0.2) is 0 Å². The van der Waals surface area contributed by atoms with E-state index in [1.165, 1.54) is 0 Å². The maximum absolute atomic E-state index is 5.38. The number of benzene rings is 1. The average molecular weight is 591 g/mol. The topological polar surface area (TPSA) is 97.7 Å². The van der Waals surface area contributed by atoms with Crippen molar-refractivity contribution in [3.05, 3.63) is 114 Å². The first-order chi connectivity index (χ1) is 21.6. The van der Waals surface area contributed by atoms with E-state index in [1.54, 1.807) is 19.5 Å². The number of hydrogen-bond donors (Lipinski definition) is 0. The summed E-state index contributed by atoms with van der Waals surface area (Å²) in [4.78, 5) is 39.8. The van der Waals surface area contributed by atoms with E-state index < -0.39 is 0 Å². The Morgan fingerprint density at radius 1 is 0.545 bits per heavy atom. The minimum atomic E-state index is 0.243. The molecule has 0 fully saturated rings. The molecule has 5 rings (SSSR count). The van der Waals surface area contributed by atoms with Gasteiger partial charge in [0.1, 0.15) is 19.0 Å². The fourth-order valence-electron chi connectivity index (χ4n) is 4.34. The first-order valence-corrected chi connectivity index (χ1v) is 14.4. The van der Waals surface area contributed by atoms with Gasteiger partial charge >= 0.3 is 0 Å². The second-order valence-corrected chi connectivity index (χ2v) is 9.62. The summed E-state index contributed by atoms with van der Waals surface area (Å²) < 4.78 is 5.25.